The number of para-hydroxylation sites is 4. The van der Waals surface area contributed by atoms with Crippen LogP contribution in [0.1, 0.15) is 11.1 Å². The van der Waals surface area contributed by atoms with Crippen molar-refractivity contribution in [2.75, 3.05) is 11.5 Å². The number of aryl methyl sites for hydroxylation is 3. The van der Waals surface area contributed by atoms with Crippen molar-refractivity contribution in [3.8, 4) is 0 Å². The molecule has 0 radical (unpaired) electrons. The molecule has 1 aliphatic heterocycles. The maximum atomic E-state index is 13.3. The molecule has 0 unspecified atom stereocenters. The Hall–Kier alpha value is -4.13. The number of hydrogen-bond acceptors (Lipinski definition) is 4. The summed E-state index contributed by atoms with van der Waals surface area (Å²) in [6.45, 7) is -0.679. The highest BCUT2D eigenvalue weighted by molar-refractivity contribution is 6.03. The van der Waals surface area contributed by atoms with Crippen molar-refractivity contribution in [2.24, 2.45) is 7.05 Å². The molecule has 7 heteroatoms. The molecule has 5 rings (SSSR count). The van der Waals surface area contributed by atoms with Crippen molar-refractivity contribution in [3.63, 3.8) is 0 Å². The molecule has 0 aliphatic carbocycles. The zero-order valence-corrected chi connectivity index (χ0v) is 18.2. The number of esters is 1. The Bertz CT molecular complexity index is 1390. The number of hydrogen-bond donors (Lipinski definition) is 0. The van der Waals surface area contributed by atoms with Crippen LogP contribution in [0.4, 0.5) is 11.4 Å². The first-order valence-corrected chi connectivity index (χ1v) is 10.8. The van der Waals surface area contributed by atoms with Crippen LogP contribution >= 0.6 is 0 Å². The summed E-state index contributed by atoms with van der Waals surface area (Å²) >= 11 is 0. The summed E-state index contributed by atoms with van der Waals surface area (Å²) in [5.41, 5.74) is 4.79. The minimum absolute atomic E-state index is 0.263. The number of amides is 1. The van der Waals surface area contributed by atoms with Crippen LogP contribution < -0.4 is 10.6 Å². The Morgan fingerprint density at radius 3 is 2.00 bits per heavy atom. The monoisotopic (exact) mass is 441 g/mol. The highest BCUT2D eigenvalue weighted by Gasteiger charge is 2.26. The first-order valence-electron chi connectivity index (χ1n) is 10.8. The van der Waals surface area contributed by atoms with Crippen LogP contribution in [0.5, 0.6) is 0 Å². The Kier molecular flexibility index (Phi) is 5.30. The van der Waals surface area contributed by atoms with Crippen LogP contribution in [-0.4, -0.2) is 27.6 Å². The Labute approximate surface area is 190 Å². The third-order valence-electron chi connectivity index (χ3n) is 6.07. The first kappa shape index (κ1) is 20.8. The van der Waals surface area contributed by atoms with Crippen molar-refractivity contribution in [2.45, 2.75) is 19.4 Å². The number of nitrogens with zero attached hydrogens (tertiary/aromatic N) is 3. The lowest BCUT2D eigenvalue weighted by atomic mass is 10.0. The second kappa shape index (κ2) is 8.43. The zero-order valence-electron chi connectivity index (χ0n) is 18.2. The number of carbonyl (C=O) groups is 2. The van der Waals surface area contributed by atoms with E-state index in [0.29, 0.717) is 5.52 Å². The van der Waals surface area contributed by atoms with Gasteiger partial charge in [0.15, 0.2) is 6.61 Å². The lowest BCUT2D eigenvalue weighted by Crippen LogP contribution is -2.33. The topological polar surface area (TPSA) is 73.5 Å². The molecule has 0 N–H and O–H groups in total. The van der Waals surface area contributed by atoms with Gasteiger partial charge in [-0.25, -0.2) is 4.79 Å². The van der Waals surface area contributed by atoms with Crippen molar-refractivity contribution in [1.82, 2.24) is 9.13 Å². The van der Waals surface area contributed by atoms with Crippen LogP contribution in [-0.2, 0) is 40.8 Å². The van der Waals surface area contributed by atoms with Crippen LogP contribution in [0.2, 0.25) is 0 Å². The molecule has 0 saturated heterocycles. The fraction of sp³-hybridized carbons (Fsp3) is 0.192. The Balaban J connectivity index is 1.38. The molecule has 0 saturated carbocycles. The van der Waals surface area contributed by atoms with Crippen LogP contribution in [0, 0.1) is 0 Å². The lowest BCUT2D eigenvalue weighted by molar-refractivity contribution is -0.148. The quantitative estimate of drug-likeness (QED) is 0.456. The summed E-state index contributed by atoms with van der Waals surface area (Å²) < 4.78 is 8.19. The number of benzene rings is 3. The van der Waals surface area contributed by atoms with Gasteiger partial charge in [0.25, 0.3) is 5.91 Å². The first-order chi connectivity index (χ1) is 16.0. The number of carbonyl (C=O) groups excluding carboxylic acids is 2. The van der Waals surface area contributed by atoms with Crippen LogP contribution in [0.3, 0.4) is 0 Å². The number of imidazole rings is 1. The molecule has 33 heavy (non-hydrogen) atoms. The van der Waals surface area contributed by atoms with Gasteiger partial charge in [-0.05, 0) is 48.2 Å². The van der Waals surface area contributed by atoms with Crippen molar-refractivity contribution in [1.29, 1.82) is 0 Å². The molecule has 0 spiro atoms. The molecule has 7 nitrogen and oxygen atoms in total. The van der Waals surface area contributed by atoms with E-state index in [1.807, 2.05) is 60.7 Å². The van der Waals surface area contributed by atoms with Gasteiger partial charge in [0, 0.05) is 7.05 Å². The predicted octanol–water partition coefficient (Wildman–Crippen LogP) is 3.35. The Morgan fingerprint density at radius 2 is 1.36 bits per heavy atom. The zero-order chi connectivity index (χ0) is 22.9. The Morgan fingerprint density at radius 1 is 0.818 bits per heavy atom. The lowest BCUT2D eigenvalue weighted by Gasteiger charge is -2.24. The van der Waals surface area contributed by atoms with E-state index >= 15 is 0 Å². The van der Waals surface area contributed by atoms with E-state index < -0.39 is 12.6 Å². The minimum Gasteiger partial charge on any atom is -0.454 e. The third kappa shape index (κ3) is 3.71. The highest BCUT2D eigenvalue weighted by atomic mass is 16.5. The normalized spacial score (nSPS) is 12.7. The van der Waals surface area contributed by atoms with Gasteiger partial charge >= 0.3 is 11.7 Å². The third-order valence-corrected chi connectivity index (χ3v) is 6.07. The van der Waals surface area contributed by atoms with Gasteiger partial charge in [-0.15, -0.1) is 0 Å². The van der Waals surface area contributed by atoms with Gasteiger partial charge in [0.1, 0.15) is 6.54 Å². The predicted molar refractivity (Wildman–Crippen MR) is 126 cm³/mol. The molecule has 1 amide bonds. The van der Waals surface area contributed by atoms with Crippen molar-refractivity contribution >= 4 is 34.3 Å². The largest absolute Gasteiger partial charge is 0.454 e. The van der Waals surface area contributed by atoms with Gasteiger partial charge in [-0.2, -0.15) is 0 Å². The van der Waals surface area contributed by atoms with Crippen LogP contribution in [0.25, 0.3) is 11.0 Å². The van der Waals surface area contributed by atoms with E-state index in [1.165, 1.54) is 9.13 Å². The number of fused-ring (bicyclic) bond motifs is 3. The van der Waals surface area contributed by atoms with Gasteiger partial charge in [0.2, 0.25) is 0 Å². The maximum Gasteiger partial charge on any atom is 0.329 e. The van der Waals surface area contributed by atoms with Crippen molar-refractivity contribution in [3.05, 3.63) is 94.4 Å². The van der Waals surface area contributed by atoms with E-state index in [4.69, 9.17) is 4.74 Å². The van der Waals surface area contributed by atoms with E-state index in [1.54, 1.807) is 24.1 Å². The molecule has 0 fully saturated rings. The summed E-state index contributed by atoms with van der Waals surface area (Å²) in [5, 5.41) is 0. The molecular weight excluding hydrogens is 418 g/mol. The second-order valence-corrected chi connectivity index (χ2v) is 8.06. The fourth-order valence-corrected chi connectivity index (χ4v) is 4.45. The summed E-state index contributed by atoms with van der Waals surface area (Å²) in [6.07, 6.45) is 1.64. The SMILES string of the molecule is Cn1c(=O)n(CC(=O)OCC(=O)N2c3ccccc3CCc3ccccc32)c2ccccc21. The van der Waals surface area contributed by atoms with Gasteiger partial charge in [0.05, 0.1) is 22.4 Å². The summed E-state index contributed by atoms with van der Waals surface area (Å²) in [4.78, 5) is 40.1. The molecule has 166 valence electrons. The molecule has 1 aromatic heterocycles. The maximum absolute atomic E-state index is 13.3. The molecule has 2 heterocycles. The van der Waals surface area contributed by atoms with Crippen LogP contribution in [0.15, 0.2) is 77.6 Å². The second-order valence-electron chi connectivity index (χ2n) is 8.06. The summed E-state index contributed by atoms with van der Waals surface area (Å²) in [5.74, 6) is -0.978. The minimum atomic E-state index is -0.641. The van der Waals surface area contributed by atoms with Gasteiger partial charge in [-0.1, -0.05) is 48.5 Å². The number of ether oxygens (including phenoxy) is 1. The molecular formula is C26H23N3O4. The number of rotatable bonds is 4. The van der Waals surface area contributed by atoms with E-state index in [9.17, 15) is 14.4 Å². The summed E-state index contributed by atoms with van der Waals surface area (Å²) in [6, 6.07) is 22.8. The standard InChI is InChI=1S/C26H23N3O4/c1-27-22-12-6-7-13-23(22)28(26(27)32)16-25(31)33-17-24(30)29-20-10-4-2-8-18(20)14-15-19-9-3-5-11-21(19)29/h2-13H,14-17H2,1H3. The van der Waals surface area contributed by atoms with Gasteiger partial charge < -0.3 is 4.74 Å². The number of anilines is 2. The van der Waals surface area contributed by atoms with E-state index in [0.717, 1.165) is 40.9 Å². The molecule has 3 aromatic carbocycles. The highest BCUT2D eigenvalue weighted by Crippen LogP contribution is 2.35. The smallest absolute Gasteiger partial charge is 0.329 e. The number of aromatic nitrogens is 2. The van der Waals surface area contributed by atoms with E-state index in [-0.39, 0.29) is 18.1 Å². The van der Waals surface area contributed by atoms with E-state index in [2.05, 4.69) is 0 Å². The molecule has 0 bridgehead atoms. The average Bonchev–Trinajstić information content (AvgIpc) is 2.98. The van der Waals surface area contributed by atoms with Crippen molar-refractivity contribution < 1.29 is 14.3 Å². The molecule has 4 aromatic rings. The molecule has 0 atom stereocenters. The fourth-order valence-electron chi connectivity index (χ4n) is 4.45. The van der Waals surface area contributed by atoms with Gasteiger partial charge in [-0.3, -0.25) is 23.6 Å². The summed E-state index contributed by atoms with van der Waals surface area (Å²) in [7, 11) is 1.66. The average molecular weight is 441 g/mol. The molecule has 1 aliphatic rings.